The van der Waals surface area contributed by atoms with Crippen molar-refractivity contribution in [3.05, 3.63) is 64.6 Å². The summed E-state index contributed by atoms with van der Waals surface area (Å²) in [7, 11) is 0. The van der Waals surface area contributed by atoms with E-state index in [1.165, 1.54) is 0 Å². The minimum Gasteiger partial charge on any atom is -0.357 e. The summed E-state index contributed by atoms with van der Waals surface area (Å²) in [6, 6.07) is 17.5. The lowest BCUT2D eigenvalue weighted by Crippen LogP contribution is -1.97. The molecule has 0 atom stereocenters. The van der Waals surface area contributed by atoms with E-state index in [4.69, 9.17) is 4.84 Å². The summed E-state index contributed by atoms with van der Waals surface area (Å²) in [5, 5.41) is 4.10. The second kappa shape index (κ2) is 5.64. The zero-order valence-electron chi connectivity index (χ0n) is 9.43. The van der Waals surface area contributed by atoms with Crippen molar-refractivity contribution in [1.82, 2.24) is 0 Å². The van der Waals surface area contributed by atoms with Crippen molar-refractivity contribution in [3.8, 4) is 5.75 Å². The zero-order chi connectivity index (χ0) is 12.1. The Morgan fingerprint density at radius 1 is 1.00 bits per heavy atom. The molecule has 0 heterocycles. The molecule has 3 heteroatoms. The van der Waals surface area contributed by atoms with Crippen LogP contribution in [-0.2, 0) is 0 Å². The third-order valence-electron chi connectivity index (χ3n) is 2.29. The fourth-order valence-corrected chi connectivity index (χ4v) is 1.61. The highest BCUT2D eigenvalue weighted by atomic mass is 79.9. The maximum absolute atomic E-state index is 5.34. The van der Waals surface area contributed by atoms with Gasteiger partial charge in [-0.1, -0.05) is 51.4 Å². The van der Waals surface area contributed by atoms with Crippen molar-refractivity contribution >= 4 is 21.6 Å². The van der Waals surface area contributed by atoms with Crippen molar-refractivity contribution in [2.45, 2.75) is 6.92 Å². The molecular weight excluding hydrogens is 278 g/mol. The van der Waals surface area contributed by atoms with Crippen LogP contribution in [0.1, 0.15) is 12.5 Å². The van der Waals surface area contributed by atoms with Crippen molar-refractivity contribution in [2.75, 3.05) is 0 Å². The van der Waals surface area contributed by atoms with Crippen LogP contribution in [0.4, 0.5) is 0 Å². The molecule has 0 saturated carbocycles. The molecule has 0 amide bonds. The van der Waals surface area contributed by atoms with Crippen LogP contribution >= 0.6 is 15.9 Å². The fourth-order valence-electron chi connectivity index (χ4n) is 1.35. The first-order valence-corrected chi connectivity index (χ1v) is 6.07. The molecule has 0 fully saturated rings. The molecule has 2 rings (SSSR count). The van der Waals surface area contributed by atoms with E-state index in [-0.39, 0.29) is 0 Å². The first kappa shape index (κ1) is 11.9. The number of benzene rings is 2. The van der Waals surface area contributed by atoms with Gasteiger partial charge >= 0.3 is 0 Å². The molecule has 0 aromatic heterocycles. The normalized spacial score (nSPS) is 11.3. The summed E-state index contributed by atoms with van der Waals surface area (Å²) in [5.74, 6) is 0.725. The van der Waals surface area contributed by atoms with E-state index in [0.717, 1.165) is 21.5 Å². The van der Waals surface area contributed by atoms with E-state index in [9.17, 15) is 0 Å². The Morgan fingerprint density at radius 3 is 2.29 bits per heavy atom. The van der Waals surface area contributed by atoms with Gasteiger partial charge in [-0.15, -0.1) is 0 Å². The first-order chi connectivity index (χ1) is 8.25. The molecule has 0 aliphatic rings. The molecule has 0 radical (unpaired) electrons. The zero-order valence-corrected chi connectivity index (χ0v) is 11.0. The summed E-state index contributed by atoms with van der Waals surface area (Å²) in [6.07, 6.45) is 0. The Bertz CT molecular complexity index is 506. The maximum Gasteiger partial charge on any atom is 0.158 e. The second-order valence-corrected chi connectivity index (χ2v) is 4.50. The molecule has 2 nitrogen and oxygen atoms in total. The maximum atomic E-state index is 5.34. The minimum atomic E-state index is 0.725. The molecule has 0 bridgehead atoms. The number of nitrogens with zero attached hydrogens (tertiary/aromatic N) is 1. The van der Waals surface area contributed by atoms with Crippen LogP contribution in [-0.4, -0.2) is 5.71 Å². The quantitative estimate of drug-likeness (QED) is 0.611. The Kier molecular flexibility index (Phi) is 3.94. The van der Waals surface area contributed by atoms with Crippen molar-refractivity contribution in [2.24, 2.45) is 5.16 Å². The van der Waals surface area contributed by atoms with E-state index >= 15 is 0 Å². The van der Waals surface area contributed by atoms with Crippen LogP contribution < -0.4 is 4.84 Å². The lowest BCUT2D eigenvalue weighted by atomic mass is 10.1. The van der Waals surface area contributed by atoms with Gasteiger partial charge in [0.25, 0.3) is 0 Å². The van der Waals surface area contributed by atoms with E-state index in [1.807, 2.05) is 61.5 Å². The van der Waals surface area contributed by atoms with Gasteiger partial charge < -0.3 is 4.84 Å². The lowest BCUT2D eigenvalue weighted by molar-refractivity contribution is 0.341. The highest BCUT2D eigenvalue weighted by Crippen LogP contribution is 2.16. The van der Waals surface area contributed by atoms with E-state index in [0.29, 0.717) is 0 Å². The van der Waals surface area contributed by atoms with Crippen molar-refractivity contribution < 1.29 is 4.84 Å². The van der Waals surface area contributed by atoms with Gasteiger partial charge in [-0.25, -0.2) is 0 Å². The van der Waals surface area contributed by atoms with Crippen LogP contribution in [0.5, 0.6) is 5.75 Å². The van der Waals surface area contributed by atoms with Crippen molar-refractivity contribution in [1.29, 1.82) is 0 Å². The smallest absolute Gasteiger partial charge is 0.158 e. The van der Waals surface area contributed by atoms with Gasteiger partial charge in [0.15, 0.2) is 5.75 Å². The summed E-state index contributed by atoms with van der Waals surface area (Å²) >= 11 is 3.37. The molecule has 0 saturated heterocycles. The molecule has 17 heavy (non-hydrogen) atoms. The van der Waals surface area contributed by atoms with Gasteiger partial charge in [0.1, 0.15) is 0 Å². The molecule has 0 N–H and O–H groups in total. The predicted octanol–water partition coefficient (Wildman–Crippen LogP) is 4.25. The molecule has 0 spiro atoms. The topological polar surface area (TPSA) is 21.6 Å². The van der Waals surface area contributed by atoms with Crippen LogP contribution in [0.3, 0.4) is 0 Å². The second-order valence-electron chi connectivity index (χ2n) is 3.59. The van der Waals surface area contributed by atoms with Gasteiger partial charge in [-0.3, -0.25) is 0 Å². The third-order valence-corrected chi connectivity index (χ3v) is 2.82. The fraction of sp³-hybridized carbons (Fsp3) is 0.0714. The van der Waals surface area contributed by atoms with Gasteiger partial charge in [-0.2, -0.15) is 0 Å². The van der Waals surface area contributed by atoms with Crippen LogP contribution in [0.15, 0.2) is 64.2 Å². The molecule has 0 unspecified atom stereocenters. The number of halogens is 1. The third kappa shape index (κ3) is 3.43. The average molecular weight is 290 g/mol. The summed E-state index contributed by atoms with van der Waals surface area (Å²) in [5.41, 5.74) is 1.91. The molecule has 86 valence electrons. The van der Waals surface area contributed by atoms with Crippen molar-refractivity contribution in [3.63, 3.8) is 0 Å². The van der Waals surface area contributed by atoms with Gasteiger partial charge in [0.05, 0.1) is 5.71 Å². The summed E-state index contributed by atoms with van der Waals surface area (Å²) < 4.78 is 1.02. The Balaban J connectivity index is 2.08. The Morgan fingerprint density at radius 2 is 1.65 bits per heavy atom. The Labute approximate surface area is 109 Å². The number of hydrogen-bond acceptors (Lipinski definition) is 2. The standard InChI is InChI=1S/C14H12BrNO/c1-11(12-5-3-2-4-6-12)16-17-14-9-7-13(15)8-10-14/h2-10H,1H3/b16-11+. The van der Waals surface area contributed by atoms with E-state index in [1.54, 1.807) is 0 Å². The van der Waals surface area contributed by atoms with E-state index in [2.05, 4.69) is 21.1 Å². The van der Waals surface area contributed by atoms with E-state index < -0.39 is 0 Å². The minimum absolute atomic E-state index is 0.725. The summed E-state index contributed by atoms with van der Waals surface area (Å²) in [4.78, 5) is 5.34. The predicted molar refractivity (Wildman–Crippen MR) is 73.4 cm³/mol. The molecule has 2 aromatic rings. The molecule has 0 aliphatic carbocycles. The molecular formula is C14H12BrNO. The van der Waals surface area contributed by atoms with Crippen LogP contribution in [0.25, 0.3) is 0 Å². The highest BCUT2D eigenvalue weighted by Gasteiger charge is 1.97. The lowest BCUT2D eigenvalue weighted by Gasteiger charge is -2.01. The number of hydrogen-bond donors (Lipinski definition) is 0. The Hall–Kier alpha value is -1.61. The highest BCUT2D eigenvalue weighted by molar-refractivity contribution is 9.10. The van der Waals surface area contributed by atoms with Gasteiger partial charge in [0, 0.05) is 4.47 Å². The largest absolute Gasteiger partial charge is 0.357 e. The van der Waals surface area contributed by atoms with Crippen LogP contribution in [0, 0.1) is 0 Å². The monoisotopic (exact) mass is 289 g/mol. The van der Waals surface area contributed by atoms with Gasteiger partial charge in [0.2, 0.25) is 0 Å². The average Bonchev–Trinajstić information content (AvgIpc) is 2.39. The first-order valence-electron chi connectivity index (χ1n) is 5.28. The SMILES string of the molecule is C/C(=N\Oc1ccc(Br)cc1)c1ccccc1. The molecule has 0 aliphatic heterocycles. The number of oxime groups is 1. The van der Waals surface area contributed by atoms with Gasteiger partial charge in [-0.05, 0) is 36.8 Å². The number of rotatable bonds is 3. The molecule has 2 aromatic carbocycles. The summed E-state index contributed by atoms with van der Waals surface area (Å²) in [6.45, 7) is 1.92. The van der Waals surface area contributed by atoms with Crippen LogP contribution in [0.2, 0.25) is 0 Å².